The normalized spacial score (nSPS) is 14.2. The van der Waals surface area contributed by atoms with Gasteiger partial charge >= 0.3 is 0 Å². The van der Waals surface area contributed by atoms with Crippen molar-refractivity contribution in [1.82, 2.24) is 10.6 Å². The molecule has 0 fully saturated rings. The number of rotatable bonds is 7. The third kappa shape index (κ3) is 4.80. The molecule has 5 nitrogen and oxygen atoms in total. The molecule has 0 saturated carbocycles. The van der Waals surface area contributed by atoms with E-state index in [-0.39, 0.29) is 18.0 Å². The van der Waals surface area contributed by atoms with Crippen molar-refractivity contribution in [2.75, 3.05) is 20.3 Å². The minimum atomic E-state index is -0.291. The molecule has 0 saturated heterocycles. The maximum atomic E-state index is 11.7. The summed E-state index contributed by atoms with van der Waals surface area (Å²) in [5, 5.41) is 5.95. The van der Waals surface area contributed by atoms with Crippen LogP contribution in [0.15, 0.2) is 21.2 Å². The van der Waals surface area contributed by atoms with Crippen LogP contribution < -0.4 is 10.6 Å². The quantitative estimate of drug-likeness (QED) is 0.753. The fourth-order valence-electron chi connectivity index (χ4n) is 1.52. The molecular formula is C12H19BrN2O3. The van der Waals surface area contributed by atoms with E-state index in [1.165, 1.54) is 0 Å². The van der Waals surface area contributed by atoms with Gasteiger partial charge in [0.2, 0.25) is 5.91 Å². The zero-order chi connectivity index (χ0) is 13.5. The number of amides is 1. The average Bonchev–Trinajstić information content (AvgIpc) is 2.76. The summed E-state index contributed by atoms with van der Waals surface area (Å²) in [6.45, 7) is 4.79. The van der Waals surface area contributed by atoms with E-state index in [0.29, 0.717) is 17.8 Å². The first kappa shape index (κ1) is 15.2. The van der Waals surface area contributed by atoms with Gasteiger partial charge in [-0.3, -0.25) is 10.1 Å². The number of ether oxygens (including phenoxy) is 1. The van der Waals surface area contributed by atoms with Gasteiger partial charge < -0.3 is 14.5 Å². The first-order valence-electron chi connectivity index (χ1n) is 5.82. The van der Waals surface area contributed by atoms with Gasteiger partial charge in [0.1, 0.15) is 5.76 Å². The predicted molar refractivity (Wildman–Crippen MR) is 72.3 cm³/mol. The summed E-state index contributed by atoms with van der Waals surface area (Å²) in [5.74, 6) is 0.739. The van der Waals surface area contributed by atoms with Crippen LogP contribution in [0.4, 0.5) is 0 Å². The van der Waals surface area contributed by atoms with Gasteiger partial charge in [-0.25, -0.2) is 0 Å². The summed E-state index contributed by atoms with van der Waals surface area (Å²) >= 11 is 3.25. The number of halogens is 1. The molecule has 18 heavy (non-hydrogen) atoms. The second-order valence-electron chi connectivity index (χ2n) is 4.04. The molecule has 102 valence electrons. The molecule has 0 aliphatic heterocycles. The Balaban J connectivity index is 2.39. The Hall–Kier alpha value is -0.850. The van der Waals surface area contributed by atoms with Crippen LogP contribution in [0, 0.1) is 0 Å². The maximum absolute atomic E-state index is 11.7. The highest BCUT2D eigenvalue weighted by Gasteiger charge is 2.17. The largest absolute Gasteiger partial charge is 0.453 e. The number of carbonyl (C=O) groups excluding carboxylic acids is 1. The summed E-state index contributed by atoms with van der Waals surface area (Å²) in [6.07, 6.45) is 0. The van der Waals surface area contributed by atoms with Gasteiger partial charge in [-0.15, -0.1) is 0 Å². The molecule has 0 bridgehead atoms. The second kappa shape index (κ2) is 7.56. The molecule has 1 aromatic rings. The van der Waals surface area contributed by atoms with Gasteiger partial charge in [0, 0.05) is 13.7 Å². The van der Waals surface area contributed by atoms with Crippen molar-refractivity contribution >= 4 is 21.8 Å². The van der Waals surface area contributed by atoms with Gasteiger partial charge in [0.15, 0.2) is 4.67 Å². The zero-order valence-corrected chi connectivity index (χ0v) is 12.4. The number of hydrogen-bond acceptors (Lipinski definition) is 4. The first-order valence-corrected chi connectivity index (χ1v) is 6.61. The molecule has 1 amide bonds. The molecule has 6 heteroatoms. The summed E-state index contributed by atoms with van der Waals surface area (Å²) < 4.78 is 11.0. The standard InChI is InChI=1S/C12H19BrN2O3/c1-8(10-4-5-11(13)18-10)15-9(2)12(16)14-6-7-17-3/h4-5,8-9,15H,6-7H2,1-3H3,(H,14,16). The fourth-order valence-corrected chi connectivity index (χ4v) is 1.84. The van der Waals surface area contributed by atoms with Gasteiger partial charge in [-0.1, -0.05) is 0 Å². The molecule has 0 radical (unpaired) electrons. The summed E-state index contributed by atoms with van der Waals surface area (Å²) in [4.78, 5) is 11.7. The Labute approximate surface area is 115 Å². The minimum Gasteiger partial charge on any atom is -0.453 e. The Morgan fingerprint density at radius 2 is 2.22 bits per heavy atom. The van der Waals surface area contributed by atoms with Crippen LogP contribution in [0.3, 0.4) is 0 Å². The SMILES string of the molecule is COCCNC(=O)C(C)NC(C)c1ccc(Br)o1. The van der Waals surface area contributed by atoms with Crippen LogP contribution in [0.2, 0.25) is 0 Å². The molecule has 0 aromatic carbocycles. The lowest BCUT2D eigenvalue weighted by molar-refractivity contribution is -0.123. The molecule has 2 N–H and O–H groups in total. The fraction of sp³-hybridized carbons (Fsp3) is 0.583. The lowest BCUT2D eigenvalue weighted by Gasteiger charge is -2.18. The smallest absolute Gasteiger partial charge is 0.236 e. The predicted octanol–water partition coefficient (Wildman–Crippen LogP) is 1.84. The highest BCUT2D eigenvalue weighted by atomic mass is 79.9. The lowest BCUT2D eigenvalue weighted by atomic mass is 10.2. The molecule has 1 rings (SSSR count). The number of furan rings is 1. The molecule has 0 aliphatic rings. The number of methoxy groups -OCH3 is 1. The van der Waals surface area contributed by atoms with Gasteiger partial charge in [-0.05, 0) is 41.9 Å². The molecule has 1 aromatic heterocycles. The monoisotopic (exact) mass is 318 g/mol. The third-order valence-corrected chi connectivity index (χ3v) is 2.95. The van der Waals surface area contributed by atoms with Crippen molar-refractivity contribution in [3.63, 3.8) is 0 Å². The summed E-state index contributed by atoms with van der Waals surface area (Å²) in [7, 11) is 1.60. The van der Waals surface area contributed by atoms with E-state index in [9.17, 15) is 4.79 Å². The van der Waals surface area contributed by atoms with E-state index >= 15 is 0 Å². The van der Waals surface area contributed by atoms with Crippen LogP contribution in [0.5, 0.6) is 0 Å². The van der Waals surface area contributed by atoms with Crippen LogP contribution >= 0.6 is 15.9 Å². The van der Waals surface area contributed by atoms with Crippen LogP contribution in [-0.2, 0) is 9.53 Å². The highest BCUT2D eigenvalue weighted by molar-refractivity contribution is 9.10. The molecule has 2 unspecified atom stereocenters. The number of nitrogens with one attached hydrogen (secondary N) is 2. The van der Waals surface area contributed by atoms with Crippen molar-refractivity contribution in [1.29, 1.82) is 0 Å². The Kier molecular flexibility index (Phi) is 6.38. The van der Waals surface area contributed by atoms with Crippen molar-refractivity contribution < 1.29 is 13.9 Å². The van der Waals surface area contributed by atoms with E-state index in [0.717, 1.165) is 5.76 Å². The maximum Gasteiger partial charge on any atom is 0.236 e. The molecular weight excluding hydrogens is 300 g/mol. The molecule has 0 aliphatic carbocycles. The molecule has 0 spiro atoms. The topological polar surface area (TPSA) is 63.5 Å². The van der Waals surface area contributed by atoms with E-state index in [1.807, 2.05) is 26.0 Å². The highest BCUT2D eigenvalue weighted by Crippen LogP contribution is 2.20. The van der Waals surface area contributed by atoms with Gasteiger partial charge in [0.05, 0.1) is 18.7 Å². The minimum absolute atomic E-state index is 0.0283. The van der Waals surface area contributed by atoms with Gasteiger partial charge in [-0.2, -0.15) is 0 Å². The van der Waals surface area contributed by atoms with E-state index in [2.05, 4.69) is 26.6 Å². The van der Waals surface area contributed by atoms with Gasteiger partial charge in [0.25, 0.3) is 0 Å². The zero-order valence-electron chi connectivity index (χ0n) is 10.8. The van der Waals surface area contributed by atoms with E-state index < -0.39 is 0 Å². The van der Waals surface area contributed by atoms with Crippen molar-refractivity contribution in [3.05, 3.63) is 22.6 Å². The number of hydrogen-bond donors (Lipinski definition) is 2. The lowest BCUT2D eigenvalue weighted by Crippen LogP contribution is -2.43. The van der Waals surface area contributed by atoms with Crippen molar-refractivity contribution in [2.45, 2.75) is 25.9 Å². The van der Waals surface area contributed by atoms with Crippen LogP contribution in [-0.4, -0.2) is 32.2 Å². The Morgan fingerprint density at radius 1 is 1.50 bits per heavy atom. The van der Waals surface area contributed by atoms with Crippen LogP contribution in [0.1, 0.15) is 25.6 Å². The number of carbonyl (C=O) groups is 1. The molecule has 2 atom stereocenters. The third-order valence-electron chi connectivity index (χ3n) is 2.52. The Morgan fingerprint density at radius 3 is 2.78 bits per heavy atom. The first-order chi connectivity index (χ1) is 8.54. The molecule has 1 heterocycles. The van der Waals surface area contributed by atoms with E-state index in [4.69, 9.17) is 9.15 Å². The summed E-state index contributed by atoms with van der Waals surface area (Å²) in [6, 6.07) is 3.38. The average molecular weight is 319 g/mol. The Bertz CT molecular complexity index is 381. The summed E-state index contributed by atoms with van der Waals surface area (Å²) in [5.41, 5.74) is 0. The van der Waals surface area contributed by atoms with Crippen molar-refractivity contribution in [2.24, 2.45) is 0 Å². The van der Waals surface area contributed by atoms with Crippen molar-refractivity contribution in [3.8, 4) is 0 Å². The van der Waals surface area contributed by atoms with E-state index in [1.54, 1.807) is 7.11 Å². The van der Waals surface area contributed by atoms with Crippen LogP contribution in [0.25, 0.3) is 0 Å². The second-order valence-corrected chi connectivity index (χ2v) is 4.82.